The van der Waals surface area contributed by atoms with Gasteiger partial charge in [0.2, 0.25) is 0 Å². The lowest BCUT2D eigenvalue weighted by molar-refractivity contribution is 0.168. The number of aryl methyl sites for hydroxylation is 1. The van der Waals surface area contributed by atoms with Gasteiger partial charge in [0.1, 0.15) is 5.82 Å². The third kappa shape index (κ3) is 2.71. The third-order valence-electron chi connectivity index (χ3n) is 4.12. The van der Waals surface area contributed by atoms with Gasteiger partial charge in [-0.25, -0.2) is 9.78 Å². The SMILES string of the molecule is Cc1cc2ccccc2nc1N1CCN(C(=O)N(C)C)CC1. The van der Waals surface area contributed by atoms with E-state index in [9.17, 15) is 4.79 Å². The summed E-state index contributed by atoms with van der Waals surface area (Å²) in [5.74, 6) is 1.04. The molecular formula is C17H22N4O. The Bertz CT molecular complexity index is 690. The summed E-state index contributed by atoms with van der Waals surface area (Å²) in [4.78, 5) is 22.6. The van der Waals surface area contributed by atoms with Gasteiger partial charge >= 0.3 is 6.03 Å². The molecule has 0 bridgehead atoms. The van der Waals surface area contributed by atoms with Gasteiger partial charge in [0, 0.05) is 45.7 Å². The van der Waals surface area contributed by atoms with Crippen LogP contribution in [0, 0.1) is 6.92 Å². The van der Waals surface area contributed by atoms with Crippen LogP contribution in [-0.4, -0.2) is 61.1 Å². The molecule has 1 aromatic carbocycles. The fraction of sp³-hybridized carbons (Fsp3) is 0.412. The minimum Gasteiger partial charge on any atom is -0.353 e. The van der Waals surface area contributed by atoms with Crippen molar-refractivity contribution in [3.63, 3.8) is 0 Å². The fourth-order valence-corrected chi connectivity index (χ4v) is 2.92. The minimum absolute atomic E-state index is 0.0860. The van der Waals surface area contributed by atoms with E-state index in [1.54, 1.807) is 19.0 Å². The van der Waals surface area contributed by atoms with Crippen LogP contribution in [-0.2, 0) is 0 Å². The van der Waals surface area contributed by atoms with Crippen molar-refractivity contribution in [1.82, 2.24) is 14.8 Å². The summed E-state index contributed by atoms with van der Waals surface area (Å²) in [7, 11) is 3.59. The summed E-state index contributed by atoms with van der Waals surface area (Å²) < 4.78 is 0. The van der Waals surface area contributed by atoms with E-state index in [0.717, 1.165) is 37.5 Å². The smallest absolute Gasteiger partial charge is 0.319 e. The van der Waals surface area contributed by atoms with E-state index in [1.165, 1.54) is 10.9 Å². The maximum atomic E-state index is 12.0. The Morgan fingerprint density at radius 3 is 2.50 bits per heavy atom. The summed E-state index contributed by atoms with van der Waals surface area (Å²) in [6, 6.07) is 10.5. The van der Waals surface area contributed by atoms with E-state index in [0.29, 0.717) is 0 Å². The first kappa shape index (κ1) is 14.6. The molecule has 0 unspecified atom stereocenters. The molecule has 1 saturated heterocycles. The van der Waals surface area contributed by atoms with Gasteiger partial charge in [-0.3, -0.25) is 0 Å². The van der Waals surface area contributed by atoms with Gasteiger partial charge in [0.15, 0.2) is 0 Å². The second-order valence-corrected chi connectivity index (χ2v) is 5.97. The summed E-state index contributed by atoms with van der Waals surface area (Å²) in [6.07, 6.45) is 0. The van der Waals surface area contributed by atoms with Gasteiger partial charge in [-0.05, 0) is 24.6 Å². The molecule has 116 valence electrons. The highest BCUT2D eigenvalue weighted by atomic mass is 16.2. The zero-order valence-corrected chi connectivity index (χ0v) is 13.4. The van der Waals surface area contributed by atoms with Gasteiger partial charge < -0.3 is 14.7 Å². The number of urea groups is 1. The summed E-state index contributed by atoms with van der Waals surface area (Å²) in [5, 5.41) is 1.17. The van der Waals surface area contributed by atoms with Gasteiger partial charge in [-0.2, -0.15) is 0 Å². The van der Waals surface area contributed by atoms with Crippen LogP contribution in [0.1, 0.15) is 5.56 Å². The second kappa shape index (κ2) is 5.83. The Morgan fingerprint density at radius 1 is 1.14 bits per heavy atom. The van der Waals surface area contributed by atoms with Crippen molar-refractivity contribution in [1.29, 1.82) is 0 Å². The molecule has 0 radical (unpaired) electrons. The number of hydrogen-bond acceptors (Lipinski definition) is 3. The first-order valence-corrected chi connectivity index (χ1v) is 7.64. The van der Waals surface area contributed by atoms with Crippen LogP contribution in [0.25, 0.3) is 10.9 Å². The molecule has 1 aromatic heterocycles. The van der Waals surface area contributed by atoms with E-state index in [1.807, 2.05) is 23.1 Å². The van der Waals surface area contributed by atoms with Crippen LogP contribution >= 0.6 is 0 Å². The highest BCUT2D eigenvalue weighted by molar-refractivity contribution is 5.81. The average Bonchev–Trinajstić information content (AvgIpc) is 2.53. The molecule has 0 spiro atoms. The summed E-state index contributed by atoms with van der Waals surface area (Å²) in [5.41, 5.74) is 2.21. The van der Waals surface area contributed by atoms with Crippen molar-refractivity contribution in [2.24, 2.45) is 0 Å². The third-order valence-corrected chi connectivity index (χ3v) is 4.12. The molecule has 5 nitrogen and oxygen atoms in total. The quantitative estimate of drug-likeness (QED) is 0.811. The lowest BCUT2D eigenvalue weighted by atomic mass is 10.1. The number of para-hydroxylation sites is 1. The predicted octanol–water partition coefficient (Wildman–Crippen LogP) is 2.35. The first-order chi connectivity index (χ1) is 10.6. The summed E-state index contributed by atoms with van der Waals surface area (Å²) in [6.45, 7) is 5.24. The zero-order valence-electron chi connectivity index (χ0n) is 13.4. The van der Waals surface area contributed by atoms with Crippen molar-refractivity contribution >= 4 is 22.8 Å². The van der Waals surface area contributed by atoms with E-state index >= 15 is 0 Å². The van der Waals surface area contributed by atoms with Crippen molar-refractivity contribution in [2.45, 2.75) is 6.92 Å². The van der Waals surface area contributed by atoms with E-state index in [-0.39, 0.29) is 6.03 Å². The maximum absolute atomic E-state index is 12.0. The molecule has 2 amide bonds. The number of piperazine rings is 1. The van der Waals surface area contributed by atoms with Crippen LogP contribution in [0.3, 0.4) is 0 Å². The first-order valence-electron chi connectivity index (χ1n) is 7.64. The van der Waals surface area contributed by atoms with Crippen molar-refractivity contribution in [3.8, 4) is 0 Å². The predicted molar refractivity (Wildman–Crippen MR) is 89.3 cm³/mol. The number of fused-ring (bicyclic) bond motifs is 1. The monoisotopic (exact) mass is 298 g/mol. The normalized spacial score (nSPS) is 15.2. The van der Waals surface area contributed by atoms with Gasteiger partial charge in [0.05, 0.1) is 5.52 Å². The molecule has 0 atom stereocenters. The molecule has 3 rings (SSSR count). The molecule has 22 heavy (non-hydrogen) atoms. The van der Waals surface area contributed by atoms with Crippen molar-refractivity contribution < 1.29 is 4.79 Å². The Balaban J connectivity index is 1.79. The molecule has 1 fully saturated rings. The standard InChI is InChI=1S/C17H22N4O/c1-13-12-14-6-4-5-7-15(14)18-16(13)20-8-10-21(11-9-20)17(22)19(2)3/h4-7,12H,8-11H2,1-3H3. The number of carbonyl (C=O) groups excluding carboxylic acids is 1. The number of benzene rings is 1. The Labute approximate surface area is 131 Å². The van der Waals surface area contributed by atoms with E-state index in [2.05, 4.69) is 24.0 Å². The molecule has 1 aliphatic heterocycles. The molecule has 0 aliphatic carbocycles. The van der Waals surface area contributed by atoms with Crippen LogP contribution in [0.5, 0.6) is 0 Å². The van der Waals surface area contributed by atoms with Crippen molar-refractivity contribution in [2.75, 3.05) is 45.2 Å². The number of hydrogen-bond donors (Lipinski definition) is 0. The summed E-state index contributed by atoms with van der Waals surface area (Å²) >= 11 is 0. The lowest BCUT2D eigenvalue weighted by Gasteiger charge is -2.37. The molecule has 0 saturated carbocycles. The van der Waals surface area contributed by atoms with Crippen LogP contribution < -0.4 is 4.90 Å². The maximum Gasteiger partial charge on any atom is 0.319 e. The number of aromatic nitrogens is 1. The molecular weight excluding hydrogens is 276 g/mol. The zero-order chi connectivity index (χ0) is 15.7. The number of amides is 2. The number of nitrogens with zero attached hydrogens (tertiary/aromatic N) is 4. The molecule has 1 aliphatic rings. The van der Waals surface area contributed by atoms with Crippen LogP contribution in [0.15, 0.2) is 30.3 Å². The molecule has 2 heterocycles. The number of carbonyl (C=O) groups is 1. The fourth-order valence-electron chi connectivity index (χ4n) is 2.92. The lowest BCUT2D eigenvalue weighted by Crippen LogP contribution is -2.51. The Kier molecular flexibility index (Phi) is 3.88. The topological polar surface area (TPSA) is 39.7 Å². The van der Waals surface area contributed by atoms with Gasteiger partial charge in [0.25, 0.3) is 0 Å². The average molecular weight is 298 g/mol. The van der Waals surface area contributed by atoms with Crippen molar-refractivity contribution in [3.05, 3.63) is 35.9 Å². The highest BCUT2D eigenvalue weighted by Crippen LogP contribution is 2.24. The van der Waals surface area contributed by atoms with Gasteiger partial charge in [-0.1, -0.05) is 18.2 Å². The Hall–Kier alpha value is -2.30. The Morgan fingerprint density at radius 2 is 1.82 bits per heavy atom. The highest BCUT2D eigenvalue weighted by Gasteiger charge is 2.23. The van der Waals surface area contributed by atoms with Crippen LogP contribution in [0.4, 0.5) is 10.6 Å². The number of pyridine rings is 1. The van der Waals surface area contributed by atoms with E-state index < -0.39 is 0 Å². The van der Waals surface area contributed by atoms with E-state index in [4.69, 9.17) is 4.98 Å². The molecule has 5 heteroatoms. The molecule has 0 N–H and O–H groups in total. The second-order valence-electron chi connectivity index (χ2n) is 5.97. The van der Waals surface area contributed by atoms with Crippen LogP contribution in [0.2, 0.25) is 0 Å². The number of rotatable bonds is 1. The number of anilines is 1. The molecule has 2 aromatic rings. The van der Waals surface area contributed by atoms with Gasteiger partial charge in [-0.15, -0.1) is 0 Å². The largest absolute Gasteiger partial charge is 0.353 e. The minimum atomic E-state index is 0.0860.